The maximum absolute atomic E-state index is 12.8. The standard InChI is InChI=1S/C22H25ClN4OS/c1-4-26(14-18-10-6-7-12-19(18)23)20(28)15-29-22-25-24-21(27(22)5-2)17-11-8-9-16(3)13-17/h6-13H,4-5,14-15H2,1-3H3. The minimum absolute atomic E-state index is 0.0557. The molecule has 0 spiro atoms. The van der Waals surface area contributed by atoms with Crippen LogP contribution in [0, 0.1) is 6.92 Å². The van der Waals surface area contributed by atoms with E-state index in [9.17, 15) is 4.79 Å². The summed E-state index contributed by atoms with van der Waals surface area (Å²) in [5, 5.41) is 10.1. The molecule has 7 heteroatoms. The van der Waals surface area contributed by atoms with Crippen molar-refractivity contribution in [3.05, 3.63) is 64.7 Å². The molecular weight excluding hydrogens is 404 g/mol. The van der Waals surface area contributed by atoms with Crippen molar-refractivity contribution in [2.45, 2.75) is 39.0 Å². The van der Waals surface area contributed by atoms with Gasteiger partial charge in [-0.3, -0.25) is 4.79 Å². The number of benzene rings is 2. The van der Waals surface area contributed by atoms with E-state index >= 15 is 0 Å². The van der Waals surface area contributed by atoms with Crippen molar-refractivity contribution in [1.29, 1.82) is 0 Å². The van der Waals surface area contributed by atoms with Crippen LogP contribution in [0.2, 0.25) is 5.02 Å². The first kappa shape index (κ1) is 21.4. The third-order valence-corrected chi connectivity index (χ3v) is 6.01. The summed E-state index contributed by atoms with van der Waals surface area (Å²) >= 11 is 7.67. The van der Waals surface area contributed by atoms with E-state index in [2.05, 4.69) is 40.7 Å². The summed E-state index contributed by atoms with van der Waals surface area (Å²) in [6.07, 6.45) is 0. The van der Waals surface area contributed by atoms with Gasteiger partial charge in [0.05, 0.1) is 5.75 Å². The summed E-state index contributed by atoms with van der Waals surface area (Å²) in [4.78, 5) is 14.6. The quantitative estimate of drug-likeness (QED) is 0.470. The monoisotopic (exact) mass is 428 g/mol. The molecule has 3 rings (SSSR count). The molecule has 0 atom stereocenters. The fourth-order valence-corrected chi connectivity index (χ4v) is 4.20. The Morgan fingerprint density at radius 3 is 2.62 bits per heavy atom. The number of hydrogen-bond donors (Lipinski definition) is 0. The number of hydrogen-bond acceptors (Lipinski definition) is 4. The van der Waals surface area contributed by atoms with Gasteiger partial charge in [0.1, 0.15) is 0 Å². The van der Waals surface area contributed by atoms with Crippen LogP contribution in [0.15, 0.2) is 53.7 Å². The molecule has 0 unspecified atom stereocenters. The Labute approximate surface area is 181 Å². The smallest absolute Gasteiger partial charge is 0.233 e. The van der Waals surface area contributed by atoms with Crippen LogP contribution in [0.25, 0.3) is 11.4 Å². The molecule has 2 aromatic carbocycles. The molecule has 0 aliphatic rings. The highest BCUT2D eigenvalue weighted by atomic mass is 35.5. The fraction of sp³-hybridized carbons (Fsp3) is 0.318. The van der Waals surface area contributed by atoms with E-state index in [1.165, 1.54) is 17.3 Å². The number of carbonyl (C=O) groups excluding carboxylic acids is 1. The third kappa shape index (κ3) is 5.19. The van der Waals surface area contributed by atoms with Crippen molar-refractivity contribution in [1.82, 2.24) is 19.7 Å². The molecule has 1 amide bonds. The number of thioether (sulfide) groups is 1. The Morgan fingerprint density at radius 1 is 1.14 bits per heavy atom. The SMILES string of the molecule is CCN(Cc1ccccc1Cl)C(=O)CSc1nnc(-c2cccc(C)c2)n1CC. The van der Waals surface area contributed by atoms with Gasteiger partial charge in [0.15, 0.2) is 11.0 Å². The molecule has 1 heterocycles. The summed E-state index contributed by atoms with van der Waals surface area (Å²) in [5.74, 6) is 1.19. The van der Waals surface area contributed by atoms with Gasteiger partial charge in [-0.25, -0.2) is 0 Å². The van der Waals surface area contributed by atoms with E-state index in [0.29, 0.717) is 23.9 Å². The maximum Gasteiger partial charge on any atom is 0.233 e. The molecule has 0 radical (unpaired) electrons. The van der Waals surface area contributed by atoms with Crippen molar-refractivity contribution in [3.8, 4) is 11.4 Å². The zero-order valence-corrected chi connectivity index (χ0v) is 18.5. The number of aryl methyl sites for hydroxylation is 1. The predicted molar refractivity (Wildman–Crippen MR) is 119 cm³/mol. The second-order valence-electron chi connectivity index (χ2n) is 6.71. The van der Waals surface area contributed by atoms with Crippen LogP contribution < -0.4 is 0 Å². The van der Waals surface area contributed by atoms with Gasteiger partial charge in [-0.1, -0.05) is 65.3 Å². The van der Waals surface area contributed by atoms with E-state index in [1.807, 2.05) is 48.2 Å². The number of rotatable bonds is 8. The molecule has 152 valence electrons. The van der Waals surface area contributed by atoms with Crippen molar-refractivity contribution in [2.24, 2.45) is 0 Å². The average molecular weight is 429 g/mol. The Kier molecular flexibility index (Phi) is 7.34. The summed E-state index contributed by atoms with van der Waals surface area (Å²) in [6.45, 7) is 7.96. The van der Waals surface area contributed by atoms with Crippen LogP contribution in [-0.4, -0.2) is 37.9 Å². The van der Waals surface area contributed by atoms with Crippen molar-refractivity contribution >= 4 is 29.3 Å². The highest BCUT2D eigenvalue weighted by molar-refractivity contribution is 7.99. The molecule has 0 bridgehead atoms. The minimum Gasteiger partial charge on any atom is -0.338 e. The van der Waals surface area contributed by atoms with Crippen molar-refractivity contribution < 1.29 is 4.79 Å². The number of aromatic nitrogens is 3. The van der Waals surface area contributed by atoms with Gasteiger partial charge in [0.25, 0.3) is 0 Å². The summed E-state index contributed by atoms with van der Waals surface area (Å²) < 4.78 is 2.05. The first-order valence-corrected chi connectivity index (χ1v) is 11.0. The summed E-state index contributed by atoms with van der Waals surface area (Å²) in [5.41, 5.74) is 3.16. The number of carbonyl (C=O) groups is 1. The topological polar surface area (TPSA) is 51.0 Å². The van der Waals surface area contributed by atoms with E-state index < -0.39 is 0 Å². The average Bonchev–Trinajstić information content (AvgIpc) is 3.14. The largest absolute Gasteiger partial charge is 0.338 e. The molecule has 0 saturated heterocycles. The normalized spacial score (nSPS) is 10.9. The highest BCUT2D eigenvalue weighted by Crippen LogP contribution is 2.25. The van der Waals surface area contributed by atoms with Crippen molar-refractivity contribution in [3.63, 3.8) is 0 Å². The number of nitrogens with zero attached hydrogens (tertiary/aromatic N) is 4. The van der Waals surface area contributed by atoms with E-state index in [0.717, 1.165) is 28.7 Å². The van der Waals surface area contributed by atoms with Crippen LogP contribution in [0.5, 0.6) is 0 Å². The summed E-state index contributed by atoms with van der Waals surface area (Å²) in [7, 11) is 0. The van der Waals surface area contributed by atoms with Gasteiger partial charge < -0.3 is 9.47 Å². The van der Waals surface area contributed by atoms with Gasteiger partial charge >= 0.3 is 0 Å². The minimum atomic E-state index is 0.0557. The Balaban J connectivity index is 1.70. The highest BCUT2D eigenvalue weighted by Gasteiger charge is 2.18. The Hall–Kier alpha value is -2.31. The van der Waals surface area contributed by atoms with Crippen LogP contribution in [0.3, 0.4) is 0 Å². The second-order valence-corrected chi connectivity index (χ2v) is 8.06. The Morgan fingerprint density at radius 2 is 1.93 bits per heavy atom. The maximum atomic E-state index is 12.8. The van der Waals surface area contributed by atoms with E-state index in [-0.39, 0.29) is 5.91 Å². The molecule has 0 aliphatic heterocycles. The lowest BCUT2D eigenvalue weighted by Crippen LogP contribution is -2.31. The zero-order chi connectivity index (χ0) is 20.8. The molecule has 3 aromatic rings. The van der Waals surface area contributed by atoms with Crippen LogP contribution >= 0.6 is 23.4 Å². The van der Waals surface area contributed by atoms with E-state index in [1.54, 1.807) is 0 Å². The Bertz CT molecular complexity index is 988. The lowest BCUT2D eigenvalue weighted by Gasteiger charge is -2.21. The van der Waals surface area contributed by atoms with Crippen LogP contribution in [0.1, 0.15) is 25.0 Å². The van der Waals surface area contributed by atoms with Gasteiger partial charge in [-0.15, -0.1) is 10.2 Å². The van der Waals surface area contributed by atoms with E-state index in [4.69, 9.17) is 11.6 Å². The van der Waals surface area contributed by atoms with Crippen molar-refractivity contribution in [2.75, 3.05) is 12.3 Å². The van der Waals surface area contributed by atoms with Crippen LogP contribution in [0.4, 0.5) is 0 Å². The zero-order valence-electron chi connectivity index (χ0n) is 16.9. The lowest BCUT2D eigenvalue weighted by atomic mass is 10.1. The molecular formula is C22H25ClN4OS. The first-order chi connectivity index (χ1) is 14.0. The fourth-order valence-electron chi connectivity index (χ4n) is 3.10. The first-order valence-electron chi connectivity index (χ1n) is 9.67. The molecule has 1 aromatic heterocycles. The van der Waals surface area contributed by atoms with Crippen LogP contribution in [-0.2, 0) is 17.9 Å². The molecule has 0 N–H and O–H groups in total. The molecule has 29 heavy (non-hydrogen) atoms. The molecule has 0 aliphatic carbocycles. The van der Waals surface area contributed by atoms with Gasteiger partial charge in [0, 0.05) is 30.2 Å². The third-order valence-electron chi connectivity index (χ3n) is 4.69. The van der Waals surface area contributed by atoms with Gasteiger partial charge in [-0.2, -0.15) is 0 Å². The predicted octanol–water partition coefficient (Wildman–Crippen LogP) is 5.07. The number of amides is 1. The lowest BCUT2D eigenvalue weighted by molar-refractivity contribution is -0.128. The molecule has 0 fully saturated rings. The molecule has 0 saturated carbocycles. The summed E-state index contributed by atoms with van der Waals surface area (Å²) in [6, 6.07) is 15.8. The number of halogens is 1. The second kappa shape index (κ2) is 9.94. The van der Waals surface area contributed by atoms with Gasteiger partial charge in [-0.05, 0) is 38.5 Å². The molecule has 5 nitrogen and oxygen atoms in total. The van der Waals surface area contributed by atoms with Gasteiger partial charge in [0.2, 0.25) is 5.91 Å².